The molecule has 1 heterocycles. The highest BCUT2D eigenvalue weighted by Gasteiger charge is 2.14. The first-order valence-corrected chi connectivity index (χ1v) is 8.06. The van der Waals surface area contributed by atoms with Gasteiger partial charge in [0.15, 0.2) is 0 Å². The molecule has 0 aliphatic carbocycles. The van der Waals surface area contributed by atoms with Gasteiger partial charge in [-0.25, -0.2) is 4.79 Å². The smallest absolute Gasteiger partial charge is 0.319 e. The van der Waals surface area contributed by atoms with E-state index in [0.717, 1.165) is 25.2 Å². The first-order valence-electron chi connectivity index (χ1n) is 7.68. The van der Waals surface area contributed by atoms with Crippen LogP contribution in [0.15, 0.2) is 42.5 Å². The number of nitrogens with one attached hydrogen (secondary N) is 2. The largest absolute Gasteiger partial charge is 0.493 e. The zero-order valence-corrected chi connectivity index (χ0v) is 13.7. The van der Waals surface area contributed by atoms with Crippen molar-refractivity contribution >= 4 is 23.3 Å². The minimum Gasteiger partial charge on any atom is -0.493 e. The van der Waals surface area contributed by atoms with Gasteiger partial charge >= 0.3 is 6.03 Å². The Kier molecular flexibility index (Phi) is 4.72. The van der Waals surface area contributed by atoms with Gasteiger partial charge in [-0.15, -0.1) is 0 Å². The summed E-state index contributed by atoms with van der Waals surface area (Å²) in [5.74, 6) is 0.978. The number of amides is 2. The van der Waals surface area contributed by atoms with E-state index < -0.39 is 0 Å². The van der Waals surface area contributed by atoms with Gasteiger partial charge in [-0.3, -0.25) is 0 Å². The molecule has 0 unspecified atom stereocenters. The number of para-hydroxylation sites is 1. The molecule has 4 nitrogen and oxygen atoms in total. The van der Waals surface area contributed by atoms with Gasteiger partial charge in [0.1, 0.15) is 5.75 Å². The van der Waals surface area contributed by atoms with Crippen LogP contribution in [-0.4, -0.2) is 18.7 Å². The van der Waals surface area contributed by atoms with Crippen molar-refractivity contribution in [2.45, 2.75) is 25.8 Å². The predicted octanol–water partition coefficient (Wildman–Crippen LogP) is 4.03. The van der Waals surface area contributed by atoms with Crippen LogP contribution in [0.2, 0.25) is 5.02 Å². The fourth-order valence-electron chi connectivity index (χ4n) is 2.72. The molecule has 0 aromatic heterocycles. The van der Waals surface area contributed by atoms with Crippen LogP contribution >= 0.6 is 11.6 Å². The second kappa shape index (κ2) is 6.92. The highest BCUT2D eigenvalue weighted by Crippen LogP contribution is 2.26. The van der Waals surface area contributed by atoms with Crippen LogP contribution < -0.4 is 15.4 Å². The van der Waals surface area contributed by atoms with Crippen molar-refractivity contribution in [3.63, 3.8) is 0 Å². The van der Waals surface area contributed by atoms with Crippen molar-refractivity contribution in [2.75, 3.05) is 11.9 Å². The minimum atomic E-state index is -0.255. The van der Waals surface area contributed by atoms with Crippen molar-refractivity contribution in [1.82, 2.24) is 5.32 Å². The Morgan fingerprint density at radius 2 is 2.13 bits per heavy atom. The van der Waals surface area contributed by atoms with Crippen LogP contribution in [0.1, 0.15) is 18.1 Å². The summed E-state index contributed by atoms with van der Waals surface area (Å²) in [6, 6.07) is 13.1. The maximum atomic E-state index is 12.1. The number of rotatable bonds is 4. The molecule has 2 aromatic rings. The number of carbonyl (C=O) groups excluding carboxylic acids is 1. The molecule has 5 heteroatoms. The van der Waals surface area contributed by atoms with E-state index in [9.17, 15) is 4.79 Å². The number of halogens is 1. The average molecular weight is 331 g/mol. The van der Waals surface area contributed by atoms with Gasteiger partial charge in [-0.05, 0) is 42.7 Å². The van der Waals surface area contributed by atoms with Crippen molar-refractivity contribution in [2.24, 2.45) is 0 Å². The second-order valence-electron chi connectivity index (χ2n) is 5.72. The van der Waals surface area contributed by atoms with E-state index in [1.807, 2.05) is 31.2 Å². The fourth-order valence-corrected chi connectivity index (χ4v) is 2.90. The Labute approximate surface area is 140 Å². The zero-order chi connectivity index (χ0) is 16.2. The Balaban J connectivity index is 1.55. The lowest BCUT2D eigenvalue weighted by Crippen LogP contribution is -2.37. The van der Waals surface area contributed by atoms with Crippen LogP contribution in [-0.2, 0) is 12.8 Å². The maximum absolute atomic E-state index is 12.1. The Morgan fingerprint density at radius 3 is 2.96 bits per heavy atom. The molecule has 1 aliphatic heterocycles. The van der Waals surface area contributed by atoms with E-state index in [1.54, 1.807) is 12.1 Å². The molecule has 0 saturated carbocycles. The number of fused-ring (bicyclic) bond motifs is 1. The molecule has 0 radical (unpaired) electrons. The third-order valence-electron chi connectivity index (χ3n) is 3.80. The second-order valence-corrected chi connectivity index (χ2v) is 6.13. The van der Waals surface area contributed by atoms with Crippen LogP contribution in [0.5, 0.6) is 5.75 Å². The van der Waals surface area contributed by atoms with Gasteiger partial charge in [0.05, 0.1) is 17.3 Å². The number of urea groups is 1. The molecule has 120 valence electrons. The van der Waals surface area contributed by atoms with Crippen molar-refractivity contribution in [1.29, 1.82) is 0 Å². The highest BCUT2D eigenvalue weighted by atomic mass is 35.5. The van der Waals surface area contributed by atoms with E-state index in [4.69, 9.17) is 16.3 Å². The summed E-state index contributed by atoms with van der Waals surface area (Å²) in [6.07, 6.45) is 1.72. The van der Waals surface area contributed by atoms with Gasteiger partial charge in [0.2, 0.25) is 0 Å². The molecule has 2 amide bonds. The number of ether oxygens (including phenoxy) is 1. The number of benzene rings is 2. The molecule has 0 bridgehead atoms. The molecule has 2 N–H and O–H groups in total. The molecule has 0 saturated heterocycles. The Morgan fingerprint density at radius 1 is 1.30 bits per heavy atom. The number of anilines is 1. The summed E-state index contributed by atoms with van der Waals surface area (Å²) < 4.78 is 5.51. The summed E-state index contributed by atoms with van der Waals surface area (Å²) >= 11 is 6.03. The molecule has 2 aromatic carbocycles. The maximum Gasteiger partial charge on any atom is 0.319 e. The minimum absolute atomic E-state index is 0.0119. The molecular formula is C18H19ClN2O2. The molecule has 0 spiro atoms. The zero-order valence-electron chi connectivity index (χ0n) is 12.9. The topological polar surface area (TPSA) is 50.4 Å². The summed E-state index contributed by atoms with van der Waals surface area (Å²) in [4.78, 5) is 12.1. The SMILES string of the molecule is C[C@H](Cc1ccc2c(c1)CCO2)NC(=O)Nc1ccccc1Cl. The fraction of sp³-hybridized carbons (Fsp3) is 0.278. The normalized spacial score (nSPS) is 13.8. The van der Waals surface area contributed by atoms with E-state index in [2.05, 4.69) is 16.7 Å². The van der Waals surface area contributed by atoms with E-state index >= 15 is 0 Å². The molecule has 0 fully saturated rings. The number of hydrogen-bond acceptors (Lipinski definition) is 2. The van der Waals surface area contributed by atoms with E-state index in [0.29, 0.717) is 10.7 Å². The monoisotopic (exact) mass is 330 g/mol. The average Bonchev–Trinajstić information content (AvgIpc) is 2.97. The van der Waals surface area contributed by atoms with Crippen LogP contribution in [0.25, 0.3) is 0 Å². The molecule has 3 rings (SSSR count). The van der Waals surface area contributed by atoms with Crippen LogP contribution in [0.4, 0.5) is 10.5 Å². The lowest BCUT2D eigenvalue weighted by atomic mass is 10.0. The van der Waals surface area contributed by atoms with Crippen molar-refractivity contribution in [3.05, 3.63) is 58.6 Å². The number of carbonyl (C=O) groups is 1. The van der Waals surface area contributed by atoms with Crippen LogP contribution in [0.3, 0.4) is 0 Å². The summed E-state index contributed by atoms with van der Waals surface area (Å²) in [5.41, 5.74) is 3.04. The first kappa shape index (κ1) is 15.7. The van der Waals surface area contributed by atoms with Gasteiger partial charge in [-0.1, -0.05) is 35.9 Å². The molecular weight excluding hydrogens is 312 g/mol. The quantitative estimate of drug-likeness (QED) is 0.889. The van der Waals surface area contributed by atoms with Crippen molar-refractivity contribution in [3.8, 4) is 5.75 Å². The first-order chi connectivity index (χ1) is 11.1. The highest BCUT2D eigenvalue weighted by molar-refractivity contribution is 6.33. The third-order valence-corrected chi connectivity index (χ3v) is 4.12. The summed E-state index contributed by atoms with van der Waals surface area (Å²) in [5, 5.41) is 6.22. The summed E-state index contributed by atoms with van der Waals surface area (Å²) in [7, 11) is 0. The standard InChI is InChI=1S/C18H19ClN2O2/c1-12(10-13-6-7-17-14(11-13)8-9-23-17)20-18(22)21-16-5-3-2-4-15(16)19/h2-7,11-12H,8-10H2,1H3,(H2,20,21,22)/t12-/m1/s1. The van der Waals surface area contributed by atoms with Gasteiger partial charge in [0, 0.05) is 12.5 Å². The lowest BCUT2D eigenvalue weighted by molar-refractivity contribution is 0.249. The van der Waals surface area contributed by atoms with E-state index in [-0.39, 0.29) is 12.1 Å². The van der Waals surface area contributed by atoms with E-state index in [1.165, 1.54) is 11.1 Å². The lowest BCUT2D eigenvalue weighted by Gasteiger charge is -2.15. The van der Waals surface area contributed by atoms with Crippen molar-refractivity contribution < 1.29 is 9.53 Å². The van der Waals surface area contributed by atoms with Gasteiger partial charge < -0.3 is 15.4 Å². The van der Waals surface area contributed by atoms with Gasteiger partial charge in [-0.2, -0.15) is 0 Å². The Bertz CT molecular complexity index is 718. The molecule has 23 heavy (non-hydrogen) atoms. The summed E-state index contributed by atoms with van der Waals surface area (Å²) in [6.45, 7) is 2.74. The van der Waals surface area contributed by atoms with Crippen LogP contribution in [0, 0.1) is 0 Å². The third kappa shape index (κ3) is 3.96. The molecule has 1 aliphatic rings. The number of hydrogen-bond donors (Lipinski definition) is 2. The molecule has 1 atom stereocenters. The predicted molar refractivity (Wildman–Crippen MR) is 92.4 cm³/mol. The Hall–Kier alpha value is -2.20. The van der Waals surface area contributed by atoms with Gasteiger partial charge in [0.25, 0.3) is 0 Å².